The summed E-state index contributed by atoms with van der Waals surface area (Å²) in [4.78, 5) is 39.7. The number of fused-ring (bicyclic) bond motifs is 1. The first-order chi connectivity index (χ1) is 16.0. The summed E-state index contributed by atoms with van der Waals surface area (Å²) in [7, 11) is 0. The van der Waals surface area contributed by atoms with Crippen LogP contribution < -0.4 is 0 Å². The highest BCUT2D eigenvalue weighted by Crippen LogP contribution is 2.79. The average Bonchev–Trinajstić information content (AvgIpc) is 3.26. The predicted octanol–water partition coefficient (Wildman–Crippen LogP) is 3.14. The molecule has 1 aromatic heterocycles. The van der Waals surface area contributed by atoms with Gasteiger partial charge >= 0.3 is 11.9 Å². The van der Waals surface area contributed by atoms with Crippen molar-refractivity contribution in [2.24, 2.45) is 28.1 Å². The summed E-state index contributed by atoms with van der Waals surface area (Å²) in [5, 5.41) is 0. The molecule has 8 nitrogen and oxygen atoms in total. The number of carbonyl (C=O) groups is 3. The summed E-state index contributed by atoms with van der Waals surface area (Å²) in [6.07, 6.45) is 3.46. The smallest absolute Gasteiger partial charge is 0.339 e. The molecule has 0 aromatic carbocycles. The van der Waals surface area contributed by atoms with E-state index >= 15 is 0 Å². The third-order valence-electron chi connectivity index (χ3n) is 10.7. The first kappa shape index (κ1) is 21.1. The third kappa shape index (κ3) is 2.02. The van der Waals surface area contributed by atoms with Crippen molar-refractivity contribution in [3.63, 3.8) is 0 Å². The Balaban J connectivity index is 1.41. The third-order valence-corrected chi connectivity index (χ3v) is 10.7. The Morgan fingerprint density at radius 1 is 0.971 bits per heavy atom. The van der Waals surface area contributed by atoms with Gasteiger partial charge in [0.05, 0.1) is 36.1 Å². The second-order valence-corrected chi connectivity index (χ2v) is 12.2. The Bertz CT molecular complexity index is 1120. The van der Waals surface area contributed by atoms with Crippen LogP contribution in [0.25, 0.3) is 0 Å². The Labute approximate surface area is 197 Å². The molecule has 1 aromatic rings. The summed E-state index contributed by atoms with van der Waals surface area (Å²) in [6, 6.07) is 1.81. The van der Waals surface area contributed by atoms with Gasteiger partial charge in [0.2, 0.25) is 0 Å². The molecule has 0 bridgehead atoms. The van der Waals surface area contributed by atoms with Crippen LogP contribution in [0.3, 0.4) is 0 Å². The van der Waals surface area contributed by atoms with Crippen LogP contribution in [0.15, 0.2) is 23.0 Å². The number of hydrogen-bond donors (Lipinski definition) is 0. The lowest BCUT2D eigenvalue weighted by atomic mass is 9.37. The number of esters is 2. The van der Waals surface area contributed by atoms with E-state index in [0.717, 1.165) is 12.0 Å². The molecular weight excluding hydrogens is 440 g/mol. The van der Waals surface area contributed by atoms with Crippen molar-refractivity contribution >= 4 is 17.7 Å². The monoisotopic (exact) mass is 470 g/mol. The van der Waals surface area contributed by atoms with Gasteiger partial charge in [-0.1, -0.05) is 6.92 Å². The average molecular weight is 471 g/mol. The van der Waals surface area contributed by atoms with E-state index < -0.39 is 45.6 Å². The minimum absolute atomic E-state index is 0.0677. The van der Waals surface area contributed by atoms with Gasteiger partial charge in [-0.2, -0.15) is 0 Å². The Kier molecular flexibility index (Phi) is 3.70. The van der Waals surface area contributed by atoms with Crippen molar-refractivity contribution in [3.05, 3.63) is 24.2 Å². The Morgan fingerprint density at radius 2 is 1.76 bits per heavy atom. The van der Waals surface area contributed by atoms with Crippen LogP contribution in [0.2, 0.25) is 0 Å². The van der Waals surface area contributed by atoms with Gasteiger partial charge in [0.25, 0.3) is 0 Å². The fraction of sp³-hybridized carbons (Fsp3) is 0.731. The summed E-state index contributed by atoms with van der Waals surface area (Å²) in [6.45, 7) is 8.36. The molecule has 0 N–H and O–H groups in total. The molecule has 4 aliphatic heterocycles. The molecule has 9 atom stereocenters. The van der Waals surface area contributed by atoms with E-state index in [-0.39, 0.29) is 42.7 Å². The van der Waals surface area contributed by atoms with Crippen molar-refractivity contribution in [2.45, 2.75) is 82.9 Å². The molecule has 34 heavy (non-hydrogen) atoms. The van der Waals surface area contributed by atoms with Gasteiger partial charge in [-0.3, -0.25) is 9.59 Å². The van der Waals surface area contributed by atoms with Crippen molar-refractivity contribution in [1.82, 2.24) is 0 Å². The van der Waals surface area contributed by atoms with Gasteiger partial charge in [0.15, 0.2) is 6.10 Å². The van der Waals surface area contributed by atoms with E-state index in [0.29, 0.717) is 12.8 Å². The first-order valence-electron chi connectivity index (χ1n) is 12.3. The van der Waals surface area contributed by atoms with E-state index in [1.165, 1.54) is 0 Å². The van der Waals surface area contributed by atoms with Gasteiger partial charge in [-0.25, -0.2) is 4.79 Å². The van der Waals surface area contributed by atoms with Crippen molar-refractivity contribution < 1.29 is 37.7 Å². The number of epoxide rings is 1. The van der Waals surface area contributed by atoms with Gasteiger partial charge in [0.1, 0.15) is 24.1 Å². The number of carbonyl (C=O) groups excluding carboxylic acids is 3. The van der Waals surface area contributed by atoms with Crippen LogP contribution in [0.5, 0.6) is 0 Å². The molecule has 0 unspecified atom stereocenters. The highest BCUT2D eigenvalue weighted by Gasteiger charge is 2.89. The number of furan rings is 1. The highest BCUT2D eigenvalue weighted by atomic mass is 16.7. The van der Waals surface area contributed by atoms with Crippen LogP contribution >= 0.6 is 0 Å². The van der Waals surface area contributed by atoms with E-state index in [1.54, 1.807) is 12.5 Å². The lowest BCUT2D eigenvalue weighted by Crippen LogP contribution is -2.72. The van der Waals surface area contributed by atoms with Crippen LogP contribution in [0.1, 0.15) is 65.0 Å². The van der Waals surface area contributed by atoms with Crippen LogP contribution in [-0.4, -0.2) is 47.7 Å². The van der Waals surface area contributed by atoms with Gasteiger partial charge < -0.3 is 23.4 Å². The van der Waals surface area contributed by atoms with Crippen molar-refractivity contribution in [1.29, 1.82) is 0 Å². The topological polar surface area (TPSA) is 105 Å². The zero-order chi connectivity index (χ0) is 23.9. The molecule has 2 saturated carbocycles. The second-order valence-electron chi connectivity index (χ2n) is 12.2. The molecule has 2 spiro atoms. The number of Topliss-reactive ketones (excluding diaryl/α,β-unsaturated/α-hetero) is 1. The van der Waals surface area contributed by atoms with Crippen molar-refractivity contribution in [2.75, 3.05) is 6.61 Å². The highest BCUT2D eigenvalue weighted by molar-refractivity contribution is 5.93. The molecule has 182 valence electrons. The molecule has 8 heteroatoms. The van der Waals surface area contributed by atoms with Gasteiger partial charge in [-0.15, -0.1) is 0 Å². The van der Waals surface area contributed by atoms with Crippen LogP contribution in [0, 0.1) is 28.1 Å². The maximum Gasteiger partial charge on any atom is 0.339 e. The van der Waals surface area contributed by atoms with Crippen molar-refractivity contribution in [3.8, 4) is 0 Å². The first-order valence-corrected chi connectivity index (χ1v) is 12.3. The standard InChI is InChI=1S/C26H30O8/c1-22(2)15-9-16(27)24(4)14(25(15)12-31-18(28)10-17(25)33-22)5-7-23(3)19(13-6-8-30-11-13)32-21(29)20-26(23,24)34-20/h6,8,11,14-15,17,19-20H,5,7,9-10,12H2,1-4H3/t14-,15+,17-,19-,20+,23-,24-,25-,26-/m0/s1. The van der Waals surface area contributed by atoms with E-state index in [2.05, 4.69) is 6.92 Å². The summed E-state index contributed by atoms with van der Waals surface area (Å²) >= 11 is 0. The van der Waals surface area contributed by atoms with Crippen LogP contribution in [-0.2, 0) is 33.3 Å². The molecule has 6 aliphatic rings. The van der Waals surface area contributed by atoms with Gasteiger partial charge in [0, 0.05) is 28.7 Å². The van der Waals surface area contributed by atoms with E-state index in [4.69, 9.17) is 23.4 Å². The molecular formula is C26H30O8. The fourth-order valence-corrected chi connectivity index (χ4v) is 9.34. The predicted molar refractivity (Wildman–Crippen MR) is 114 cm³/mol. The SMILES string of the molecule is CC1(C)O[C@H]2CC(=O)OC[C@]23[C@@H]1CC(=O)[C@]1(C)[C@@H]3CC[C@@]2(C)[C@H](c3ccoc3)OC(=O)[C@H]3O[C@@]321. The molecule has 7 rings (SSSR count). The summed E-state index contributed by atoms with van der Waals surface area (Å²) < 4.78 is 29.8. The van der Waals surface area contributed by atoms with E-state index in [1.807, 2.05) is 26.8 Å². The number of hydrogen-bond acceptors (Lipinski definition) is 8. The minimum atomic E-state index is -0.976. The number of ether oxygens (including phenoxy) is 4. The summed E-state index contributed by atoms with van der Waals surface area (Å²) in [5.41, 5.74) is -2.78. The quantitative estimate of drug-likeness (QED) is 0.455. The normalized spacial score (nSPS) is 52.4. The maximum atomic E-state index is 14.2. The van der Waals surface area contributed by atoms with Gasteiger partial charge in [-0.05, 0) is 45.6 Å². The maximum absolute atomic E-state index is 14.2. The molecule has 0 amide bonds. The molecule has 6 fully saturated rings. The Morgan fingerprint density at radius 3 is 2.50 bits per heavy atom. The van der Waals surface area contributed by atoms with Crippen LogP contribution in [0.4, 0.5) is 0 Å². The lowest BCUT2D eigenvalue weighted by molar-refractivity contribution is -0.225. The molecule has 4 saturated heterocycles. The number of ketones is 1. The molecule has 0 radical (unpaired) electrons. The largest absolute Gasteiger partial charge is 0.472 e. The zero-order valence-electron chi connectivity index (χ0n) is 19.9. The summed E-state index contributed by atoms with van der Waals surface area (Å²) in [5.74, 6) is -0.780. The Hall–Kier alpha value is -2.19. The van der Waals surface area contributed by atoms with E-state index in [9.17, 15) is 14.4 Å². The fourth-order valence-electron chi connectivity index (χ4n) is 9.34. The molecule has 2 aliphatic carbocycles. The molecule has 5 heterocycles. The zero-order valence-corrected chi connectivity index (χ0v) is 19.9. The number of cyclic esters (lactones) is 2. The lowest BCUT2D eigenvalue weighted by Gasteiger charge is -2.65. The minimum Gasteiger partial charge on any atom is -0.472 e. The second kappa shape index (κ2) is 5.95. The number of rotatable bonds is 1.